The van der Waals surface area contributed by atoms with Gasteiger partial charge in [0.15, 0.2) is 0 Å². The fourth-order valence-corrected chi connectivity index (χ4v) is 3.39. The van der Waals surface area contributed by atoms with Crippen molar-refractivity contribution in [2.75, 3.05) is 11.1 Å². The van der Waals surface area contributed by atoms with E-state index in [2.05, 4.69) is 11.4 Å². The second kappa shape index (κ2) is 5.13. The summed E-state index contributed by atoms with van der Waals surface area (Å²) in [5, 5.41) is 14.0. The van der Waals surface area contributed by atoms with Gasteiger partial charge in [-0.25, -0.2) is 0 Å². The maximum atomic E-state index is 13.3. The van der Waals surface area contributed by atoms with Crippen LogP contribution in [0.2, 0.25) is 0 Å². The van der Waals surface area contributed by atoms with Gasteiger partial charge < -0.3 is 5.32 Å². The molecule has 0 saturated heterocycles. The minimum absolute atomic E-state index is 0.0845. The molecule has 102 valence electrons. The number of thioether (sulfide) groups is 1. The third kappa shape index (κ3) is 2.34. The number of nitrogens with one attached hydrogen (secondary N) is 1. The maximum Gasteiger partial charge on any atom is 0.306 e. The summed E-state index contributed by atoms with van der Waals surface area (Å²) in [6.07, 6.45) is 0. The van der Waals surface area contributed by atoms with Crippen molar-refractivity contribution in [2.45, 2.75) is 10.9 Å². The highest BCUT2D eigenvalue weighted by Crippen LogP contribution is 2.39. The highest BCUT2D eigenvalue weighted by atomic mass is 32.2. The van der Waals surface area contributed by atoms with Gasteiger partial charge in [-0.1, -0.05) is 18.2 Å². The SMILES string of the molecule is O=[N+]([O-])c1cc(NC2CSc3ccccc32)ccc1F. The molecule has 1 unspecified atom stereocenters. The first kappa shape index (κ1) is 12.9. The van der Waals surface area contributed by atoms with Gasteiger partial charge in [0, 0.05) is 22.4 Å². The van der Waals surface area contributed by atoms with Gasteiger partial charge >= 0.3 is 5.69 Å². The minimum Gasteiger partial charge on any atom is -0.377 e. The van der Waals surface area contributed by atoms with Gasteiger partial charge in [-0.3, -0.25) is 10.1 Å². The molecule has 0 aromatic heterocycles. The lowest BCUT2D eigenvalue weighted by Crippen LogP contribution is -2.10. The van der Waals surface area contributed by atoms with Crippen molar-refractivity contribution in [1.29, 1.82) is 0 Å². The van der Waals surface area contributed by atoms with E-state index in [1.165, 1.54) is 22.6 Å². The molecule has 0 bridgehead atoms. The first-order chi connectivity index (χ1) is 9.65. The van der Waals surface area contributed by atoms with E-state index in [0.29, 0.717) is 5.69 Å². The van der Waals surface area contributed by atoms with E-state index in [-0.39, 0.29) is 6.04 Å². The van der Waals surface area contributed by atoms with Crippen LogP contribution in [0.4, 0.5) is 15.8 Å². The third-order valence-electron chi connectivity index (χ3n) is 3.18. The van der Waals surface area contributed by atoms with Crippen LogP contribution in [0.5, 0.6) is 0 Å². The van der Waals surface area contributed by atoms with E-state index in [4.69, 9.17) is 0 Å². The number of rotatable bonds is 3. The number of benzene rings is 2. The summed E-state index contributed by atoms with van der Waals surface area (Å²) >= 11 is 1.74. The van der Waals surface area contributed by atoms with Gasteiger partial charge in [0.2, 0.25) is 5.82 Å². The molecule has 3 rings (SSSR count). The Morgan fingerprint density at radius 3 is 2.90 bits per heavy atom. The van der Waals surface area contributed by atoms with Gasteiger partial charge in [0.05, 0.1) is 11.0 Å². The molecule has 20 heavy (non-hydrogen) atoms. The molecule has 6 heteroatoms. The molecular formula is C14H11FN2O2S. The van der Waals surface area contributed by atoms with E-state index < -0.39 is 16.4 Å². The van der Waals surface area contributed by atoms with Crippen molar-refractivity contribution in [3.05, 3.63) is 64.0 Å². The molecule has 0 fully saturated rings. The zero-order valence-corrected chi connectivity index (χ0v) is 11.2. The molecule has 2 aromatic rings. The van der Waals surface area contributed by atoms with Crippen LogP contribution in [0.1, 0.15) is 11.6 Å². The summed E-state index contributed by atoms with van der Waals surface area (Å²) in [7, 11) is 0. The normalized spacial score (nSPS) is 16.8. The van der Waals surface area contributed by atoms with Crippen molar-refractivity contribution in [3.8, 4) is 0 Å². The summed E-state index contributed by atoms with van der Waals surface area (Å²) in [5.41, 5.74) is 1.22. The third-order valence-corrected chi connectivity index (χ3v) is 4.37. The van der Waals surface area contributed by atoms with Gasteiger partial charge in [-0.2, -0.15) is 4.39 Å². The second-order valence-corrected chi connectivity index (χ2v) is 5.53. The monoisotopic (exact) mass is 290 g/mol. The van der Waals surface area contributed by atoms with Crippen LogP contribution in [0.25, 0.3) is 0 Å². The number of nitro benzene ring substituents is 1. The van der Waals surface area contributed by atoms with Crippen LogP contribution in [-0.2, 0) is 0 Å². The Kier molecular flexibility index (Phi) is 3.31. The zero-order valence-electron chi connectivity index (χ0n) is 10.4. The smallest absolute Gasteiger partial charge is 0.306 e. The Morgan fingerprint density at radius 2 is 2.10 bits per heavy atom. The number of nitro groups is 1. The Bertz CT molecular complexity index is 678. The predicted molar refractivity (Wildman–Crippen MR) is 76.6 cm³/mol. The molecular weight excluding hydrogens is 279 g/mol. The number of anilines is 1. The van der Waals surface area contributed by atoms with Crippen LogP contribution in [0, 0.1) is 15.9 Å². The summed E-state index contributed by atoms with van der Waals surface area (Å²) in [6, 6.07) is 12.0. The van der Waals surface area contributed by atoms with Crippen LogP contribution >= 0.6 is 11.8 Å². The van der Waals surface area contributed by atoms with Gasteiger partial charge in [0.25, 0.3) is 0 Å². The molecule has 0 amide bonds. The van der Waals surface area contributed by atoms with Gasteiger partial charge in [-0.05, 0) is 23.8 Å². The lowest BCUT2D eigenvalue weighted by molar-refractivity contribution is -0.387. The van der Waals surface area contributed by atoms with Crippen LogP contribution in [-0.4, -0.2) is 10.7 Å². The van der Waals surface area contributed by atoms with Gasteiger partial charge in [0.1, 0.15) is 0 Å². The summed E-state index contributed by atoms with van der Waals surface area (Å²) in [5.74, 6) is 0.0339. The first-order valence-electron chi connectivity index (χ1n) is 6.07. The highest BCUT2D eigenvalue weighted by molar-refractivity contribution is 7.99. The number of halogens is 1. The largest absolute Gasteiger partial charge is 0.377 e. The highest BCUT2D eigenvalue weighted by Gasteiger charge is 2.23. The Labute approximate surface area is 119 Å². The molecule has 0 saturated carbocycles. The topological polar surface area (TPSA) is 55.2 Å². The Morgan fingerprint density at radius 1 is 1.30 bits per heavy atom. The maximum absolute atomic E-state index is 13.3. The summed E-state index contributed by atoms with van der Waals surface area (Å²) in [6.45, 7) is 0. The fraction of sp³-hybridized carbons (Fsp3) is 0.143. The average molecular weight is 290 g/mol. The molecule has 4 nitrogen and oxygen atoms in total. The molecule has 2 aromatic carbocycles. The molecule has 0 aliphatic carbocycles. The second-order valence-electron chi connectivity index (χ2n) is 4.47. The molecule has 1 aliphatic heterocycles. The van der Waals surface area contributed by atoms with E-state index in [1.54, 1.807) is 11.8 Å². The van der Waals surface area contributed by atoms with E-state index in [0.717, 1.165) is 11.8 Å². The quantitative estimate of drug-likeness (QED) is 0.686. The van der Waals surface area contributed by atoms with E-state index >= 15 is 0 Å². The zero-order chi connectivity index (χ0) is 14.1. The van der Waals surface area contributed by atoms with Crippen molar-refractivity contribution < 1.29 is 9.31 Å². The predicted octanol–water partition coefficient (Wildman–Crippen LogP) is 3.99. The van der Waals surface area contributed by atoms with E-state index in [9.17, 15) is 14.5 Å². The molecule has 1 heterocycles. The molecule has 0 radical (unpaired) electrons. The molecule has 1 N–H and O–H groups in total. The number of hydrogen-bond donors (Lipinski definition) is 1. The minimum atomic E-state index is -0.818. The van der Waals surface area contributed by atoms with Crippen molar-refractivity contribution in [3.63, 3.8) is 0 Å². The molecule has 1 aliphatic rings. The van der Waals surface area contributed by atoms with Crippen LogP contribution < -0.4 is 5.32 Å². The Balaban J connectivity index is 1.86. The average Bonchev–Trinajstić information content (AvgIpc) is 2.84. The summed E-state index contributed by atoms with van der Waals surface area (Å²) < 4.78 is 13.3. The van der Waals surface area contributed by atoms with Crippen LogP contribution in [0.15, 0.2) is 47.4 Å². The lowest BCUT2D eigenvalue weighted by Gasteiger charge is -2.14. The lowest BCUT2D eigenvalue weighted by atomic mass is 10.1. The van der Waals surface area contributed by atoms with E-state index in [1.807, 2.05) is 18.2 Å². The van der Waals surface area contributed by atoms with Gasteiger partial charge in [-0.15, -0.1) is 11.8 Å². The number of nitrogens with zero attached hydrogens (tertiary/aromatic N) is 1. The standard InChI is InChI=1S/C14H11FN2O2S/c15-11-6-5-9(7-13(11)17(18)19)16-12-8-20-14-4-2-1-3-10(12)14/h1-7,12,16H,8H2. The fourth-order valence-electron chi connectivity index (χ4n) is 2.23. The number of fused-ring (bicyclic) bond motifs is 1. The van der Waals surface area contributed by atoms with Crippen molar-refractivity contribution in [1.82, 2.24) is 0 Å². The van der Waals surface area contributed by atoms with Crippen molar-refractivity contribution in [2.24, 2.45) is 0 Å². The first-order valence-corrected chi connectivity index (χ1v) is 7.06. The Hall–Kier alpha value is -2.08. The molecule has 1 atom stereocenters. The van der Waals surface area contributed by atoms with Crippen LogP contribution in [0.3, 0.4) is 0 Å². The summed E-state index contributed by atoms with van der Waals surface area (Å²) in [4.78, 5) is 11.2. The van der Waals surface area contributed by atoms with Crippen molar-refractivity contribution >= 4 is 23.1 Å². The number of hydrogen-bond acceptors (Lipinski definition) is 4. The molecule has 0 spiro atoms.